The largest absolute Gasteiger partial charge is 0.493 e. The number of benzene rings is 2. The number of aromatic amines is 1. The normalized spacial score (nSPS) is 12.0. The van der Waals surface area contributed by atoms with Crippen molar-refractivity contribution in [2.75, 3.05) is 7.11 Å². The molecule has 0 spiro atoms. The minimum atomic E-state index is -0.704. The number of ether oxygens (including phenoxy) is 2. The van der Waals surface area contributed by atoms with E-state index in [0.29, 0.717) is 22.6 Å². The fourth-order valence-electron chi connectivity index (χ4n) is 3.03. The van der Waals surface area contributed by atoms with Crippen molar-refractivity contribution in [3.05, 3.63) is 59.3 Å². The van der Waals surface area contributed by atoms with Crippen LogP contribution in [0.3, 0.4) is 0 Å². The van der Waals surface area contributed by atoms with E-state index in [2.05, 4.69) is 4.98 Å². The Morgan fingerprint density at radius 3 is 2.50 bits per heavy atom. The van der Waals surface area contributed by atoms with Crippen molar-refractivity contribution in [2.24, 2.45) is 0 Å². The van der Waals surface area contributed by atoms with Gasteiger partial charge in [0.1, 0.15) is 0 Å². The van der Waals surface area contributed by atoms with Crippen molar-refractivity contribution >= 4 is 22.5 Å². The predicted molar refractivity (Wildman–Crippen MR) is 100 cm³/mol. The molecule has 5 heteroatoms. The second kappa shape index (κ2) is 7.04. The standard InChI is InChI=1S/C21H21NO4/c1-12-20(16-7-5-6-8-17(16)22-12)21(24)14(3)26-18-10-9-15(13(2)23)11-19(18)25-4/h5-11,14,22H,1-4H3. The lowest BCUT2D eigenvalue weighted by Crippen LogP contribution is -2.24. The Labute approximate surface area is 151 Å². The number of nitrogens with one attached hydrogen (secondary N) is 1. The highest BCUT2D eigenvalue weighted by Crippen LogP contribution is 2.30. The Morgan fingerprint density at radius 2 is 1.81 bits per heavy atom. The molecule has 0 amide bonds. The van der Waals surface area contributed by atoms with Crippen LogP contribution in [0.5, 0.6) is 11.5 Å². The van der Waals surface area contributed by atoms with Gasteiger partial charge in [0.15, 0.2) is 23.4 Å². The van der Waals surface area contributed by atoms with Gasteiger partial charge in [0, 0.05) is 27.7 Å². The average molecular weight is 351 g/mol. The molecule has 26 heavy (non-hydrogen) atoms. The summed E-state index contributed by atoms with van der Waals surface area (Å²) in [5.41, 5.74) is 2.89. The van der Waals surface area contributed by atoms with Gasteiger partial charge in [-0.3, -0.25) is 9.59 Å². The van der Waals surface area contributed by atoms with E-state index in [1.165, 1.54) is 14.0 Å². The molecule has 134 valence electrons. The van der Waals surface area contributed by atoms with Crippen molar-refractivity contribution in [3.63, 3.8) is 0 Å². The van der Waals surface area contributed by atoms with Crippen molar-refractivity contribution in [1.82, 2.24) is 4.98 Å². The van der Waals surface area contributed by atoms with Crippen LogP contribution >= 0.6 is 0 Å². The second-order valence-electron chi connectivity index (χ2n) is 6.22. The molecule has 0 aliphatic rings. The average Bonchev–Trinajstić information content (AvgIpc) is 2.96. The molecule has 3 aromatic rings. The predicted octanol–water partition coefficient (Wildman–Crippen LogP) is 4.34. The summed E-state index contributed by atoms with van der Waals surface area (Å²) in [4.78, 5) is 27.7. The van der Waals surface area contributed by atoms with Gasteiger partial charge in [0.25, 0.3) is 0 Å². The number of methoxy groups -OCH3 is 1. The smallest absolute Gasteiger partial charge is 0.205 e. The number of aromatic nitrogens is 1. The van der Waals surface area contributed by atoms with E-state index in [1.54, 1.807) is 25.1 Å². The van der Waals surface area contributed by atoms with E-state index in [4.69, 9.17) is 9.47 Å². The number of ketones is 2. The van der Waals surface area contributed by atoms with E-state index in [-0.39, 0.29) is 11.6 Å². The van der Waals surface area contributed by atoms with E-state index in [1.807, 2.05) is 31.2 Å². The maximum absolute atomic E-state index is 13.0. The molecule has 1 unspecified atom stereocenters. The molecule has 1 aromatic heterocycles. The van der Waals surface area contributed by atoms with Gasteiger partial charge < -0.3 is 14.5 Å². The highest BCUT2D eigenvalue weighted by atomic mass is 16.5. The van der Waals surface area contributed by atoms with Crippen molar-refractivity contribution in [1.29, 1.82) is 0 Å². The number of hydrogen-bond donors (Lipinski definition) is 1. The van der Waals surface area contributed by atoms with E-state index in [9.17, 15) is 9.59 Å². The molecular formula is C21H21NO4. The third-order valence-corrected chi connectivity index (χ3v) is 4.38. The minimum Gasteiger partial charge on any atom is -0.493 e. The summed E-state index contributed by atoms with van der Waals surface area (Å²) >= 11 is 0. The molecule has 1 N–H and O–H groups in total. The third-order valence-electron chi connectivity index (χ3n) is 4.38. The molecule has 0 bridgehead atoms. The van der Waals surface area contributed by atoms with Crippen molar-refractivity contribution in [2.45, 2.75) is 26.9 Å². The van der Waals surface area contributed by atoms with Crippen LogP contribution in [0.2, 0.25) is 0 Å². The number of hydrogen-bond acceptors (Lipinski definition) is 4. The molecule has 0 aliphatic carbocycles. The van der Waals surface area contributed by atoms with Gasteiger partial charge in [-0.1, -0.05) is 18.2 Å². The lowest BCUT2D eigenvalue weighted by Gasteiger charge is -2.17. The lowest BCUT2D eigenvalue weighted by atomic mass is 10.0. The molecule has 2 aromatic carbocycles. The first-order chi connectivity index (χ1) is 12.4. The van der Waals surface area contributed by atoms with E-state index < -0.39 is 6.10 Å². The van der Waals surface area contributed by atoms with Crippen LogP contribution in [-0.4, -0.2) is 29.8 Å². The van der Waals surface area contributed by atoms with E-state index in [0.717, 1.165) is 16.6 Å². The minimum absolute atomic E-state index is 0.0617. The molecule has 0 aliphatic heterocycles. The number of aryl methyl sites for hydroxylation is 1. The summed E-state index contributed by atoms with van der Waals surface area (Å²) in [6.07, 6.45) is -0.704. The van der Waals surface area contributed by atoms with Gasteiger partial charge in [0.2, 0.25) is 5.78 Å². The van der Waals surface area contributed by atoms with Gasteiger partial charge in [-0.2, -0.15) is 0 Å². The number of fused-ring (bicyclic) bond motifs is 1. The summed E-state index contributed by atoms with van der Waals surface area (Å²) in [5, 5.41) is 0.879. The number of carbonyl (C=O) groups is 2. The molecular weight excluding hydrogens is 330 g/mol. The maximum atomic E-state index is 13.0. The molecule has 5 nitrogen and oxygen atoms in total. The molecule has 1 heterocycles. The molecule has 0 radical (unpaired) electrons. The van der Waals surface area contributed by atoms with Gasteiger partial charge in [-0.25, -0.2) is 0 Å². The lowest BCUT2D eigenvalue weighted by molar-refractivity contribution is 0.0814. The number of para-hydroxylation sites is 1. The van der Waals surface area contributed by atoms with Gasteiger partial charge in [-0.05, 0) is 45.0 Å². The fourth-order valence-corrected chi connectivity index (χ4v) is 3.03. The highest BCUT2D eigenvalue weighted by molar-refractivity contribution is 6.11. The number of Topliss-reactive ketones (excluding diaryl/α,β-unsaturated/α-hetero) is 2. The number of carbonyl (C=O) groups excluding carboxylic acids is 2. The Bertz CT molecular complexity index is 987. The zero-order valence-electron chi connectivity index (χ0n) is 15.3. The zero-order chi connectivity index (χ0) is 18.8. The number of H-pyrrole nitrogens is 1. The van der Waals surface area contributed by atoms with Crippen LogP contribution in [0.25, 0.3) is 10.9 Å². The summed E-state index contributed by atoms with van der Waals surface area (Å²) in [7, 11) is 1.50. The molecule has 0 saturated carbocycles. The molecule has 1 atom stereocenters. The maximum Gasteiger partial charge on any atom is 0.205 e. The van der Waals surface area contributed by atoms with E-state index >= 15 is 0 Å². The van der Waals surface area contributed by atoms with Crippen LogP contribution in [0.15, 0.2) is 42.5 Å². The molecule has 3 rings (SSSR count). The van der Waals surface area contributed by atoms with Gasteiger partial charge in [0.05, 0.1) is 7.11 Å². The SMILES string of the molecule is COc1cc(C(C)=O)ccc1OC(C)C(=O)c1c(C)[nH]c2ccccc12. The van der Waals surface area contributed by atoms with Crippen LogP contribution in [0.4, 0.5) is 0 Å². The zero-order valence-corrected chi connectivity index (χ0v) is 15.3. The van der Waals surface area contributed by atoms with Crippen LogP contribution < -0.4 is 9.47 Å². The molecule has 0 fully saturated rings. The van der Waals surface area contributed by atoms with Crippen molar-refractivity contribution in [3.8, 4) is 11.5 Å². The first kappa shape index (κ1) is 17.7. The summed E-state index contributed by atoms with van der Waals surface area (Å²) < 4.78 is 11.2. The summed E-state index contributed by atoms with van der Waals surface area (Å²) in [6.45, 7) is 5.07. The fraction of sp³-hybridized carbons (Fsp3) is 0.238. The van der Waals surface area contributed by atoms with Gasteiger partial charge in [-0.15, -0.1) is 0 Å². The highest BCUT2D eigenvalue weighted by Gasteiger charge is 2.24. The Hall–Kier alpha value is -3.08. The van der Waals surface area contributed by atoms with Crippen LogP contribution in [0.1, 0.15) is 40.3 Å². The Balaban J connectivity index is 1.90. The summed E-state index contributed by atoms with van der Waals surface area (Å²) in [6, 6.07) is 12.6. The quantitative estimate of drug-likeness (QED) is 0.671. The Kier molecular flexibility index (Phi) is 4.80. The van der Waals surface area contributed by atoms with Crippen LogP contribution in [0, 0.1) is 6.92 Å². The molecule has 0 saturated heterocycles. The Morgan fingerprint density at radius 1 is 1.08 bits per heavy atom. The number of rotatable bonds is 6. The topological polar surface area (TPSA) is 68.4 Å². The second-order valence-corrected chi connectivity index (χ2v) is 6.22. The van der Waals surface area contributed by atoms with Crippen molar-refractivity contribution < 1.29 is 19.1 Å². The first-order valence-corrected chi connectivity index (χ1v) is 8.39. The third kappa shape index (κ3) is 3.20. The van der Waals surface area contributed by atoms with Crippen LogP contribution in [-0.2, 0) is 0 Å². The van der Waals surface area contributed by atoms with Gasteiger partial charge >= 0.3 is 0 Å². The monoisotopic (exact) mass is 351 g/mol. The summed E-state index contributed by atoms with van der Waals surface area (Å²) in [5.74, 6) is 0.676. The first-order valence-electron chi connectivity index (χ1n) is 8.39.